The molecule has 0 radical (unpaired) electrons. The standard InChI is InChI=1S/C28H32N2O2/c1-30(24-15-6-3-7-16-24)20-23-14-8-10-18-26(23)29-28(31)21-32-27-19-11-9-17-25(27)22-12-4-2-5-13-22/h2,4-5,8-14,17-19,24H,3,6-7,15-16,20-21H2,1H3,(H,29,31). The molecule has 0 saturated heterocycles. The van der Waals surface area contributed by atoms with Crippen LogP contribution in [0, 0.1) is 0 Å². The minimum Gasteiger partial charge on any atom is -0.483 e. The van der Waals surface area contributed by atoms with E-state index in [1.165, 1.54) is 32.1 Å². The van der Waals surface area contributed by atoms with Crippen LogP contribution < -0.4 is 10.1 Å². The van der Waals surface area contributed by atoms with Crippen LogP contribution >= 0.6 is 0 Å². The molecule has 3 aromatic rings. The molecule has 1 saturated carbocycles. The summed E-state index contributed by atoms with van der Waals surface area (Å²) in [6.45, 7) is 0.801. The van der Waals surface area contributed by atoms with E-state index in [9.17, 15) is 4.79 Å². The summed E-state index contributed by atoms with van der Waals surface area (Å²) in [5.74, 6) is 0.555. The molecule has 0 spiro atoms. The maximum Gasteiger partial charge on any atom is 0.262 e. The number of amides is 1. The molecule has 1 N–H and O–H groups in total. The van der Waals surface area contributed by atoms with Crippen molar-refractivity contribution in [3.05, 3.63) is 84.4 Å². The lowest BCUT2D eigenvalue weighted by Gasteiger charge is -2.31. The Balaban J connectivity index is 1.38. The molecule has 0 heterocycles. The molecule has 0 aliphatic heterocycles. The van der Waals surface area contributed by atoms with Crippen LogP contribution in [0.15, 0.2) is 78.9 Å². The first kappa shape index (κ1) is 22.1. The van der Waals surface area contributed by atoms with Crippen molar-refractivity contribution in [1.82, 2.24) is 4.90 Å². The van der Waals surface area contributed by atoms with E-state index in [1.54, 1.807) is 0 Å². The zero-order chi connectivity index (χ0) is 22.2. The van der Waals surface area contributed by atoms with Gasteiger partial charge in [-0.15, -0.1) is 0 Å². The second-order valence-electron chi connectivity index (χ2n) is 8.56. The fourth-order valence-corrected chi connectivity index (χ4v) is 4.48. The summed E-state index contributed by atoms with van der Waals surface area (Å²) in [5.41, 5.74) is 4.05. The number of hydrogen-bond donors (Lipinski definition) is 1. The number of para-hydroxylation sites is 2. The van der Waals surface area contributed by atoms with E-state index in [0.29, 0.717) is 11.8 Å². The summed E-state index contributed by atoms with van der Waals surface area (Å²) in [7, 11) is 2.19. The van der Waals surface area contributed by atoms with E-state index in [-0.39, 0.29) is 12.5 Å². The Labute approximate surface area is 191 Å². The molecule has 1 fully saturated rings. The number of rotatable bonds is 8. The third-order valence-electron chi connectivity index (χ3n) is 6.24. The third-order valence-corrected chi connectivity index (χ3v) is 6.24. The predicted molar refractivity (Wildman–Crippen MR) is 131 cm³/mol. The maximum absolute atomic E-state index is 12.7. The summed E-state index contributed by atoms with van der Waals surface area (Å²) in [5, 5.41) is 3.06. The first-order chi connectivity index (χ1) is 15.7. The van der Waals surface area contributed by atoms with Gasteiger partial charge in [0.15, 0.2) is 6.61 Å². The molecule has 1 amide bonds. The monoisotopic (exact) mass is 428 g/mol. The number of nitrogens with one attached hydrogen (secondary N) is 1. The van der Waals surface area contributed by atoms with Crippen molar-refractivity contribution in [2.45, 2.75) is 44.7 Å². The summed E-state index contributed by atoms with van der Waals surface area (Å²) in [6, 6.07) is 26.6. The van der Waals surface area contributed by atoms with Gasteiger partial charge < -0.3 is 10.1 Å². The van der Waals surface area contributed by atoms with E-state index >= 15 is 0 Å². The van der Waals surface area contributed by atoms with Crippen molar-refractivity contribution < 1.29 is 9.53 Å². The summed E-state index contributed by atoms with van der Waals surface area (Å²) < 4.78 is 5.92. The van der Waals surface area contributed by atoms with Gasteiger partial charge in [0.2, 0.25) is 0 Å². The molecule has 32 heavy (non-hydrogen) atoms. The summed E-state index contributed by atoms with van der Waals surface area (Å²) >= 11 is 0. The van der Waals surface area contributed by atoms with Gasteiger partial charge in [-0.1, -0.05) is 86.0 Å². The second-order valence-corrected chi connectivity index (χ2v) is 8.56. The lowest BCUT2D eigenvalue weighted by atomic mass is 9.94. The Morgan fingerprint density at radius 3 is 2.41 bits per heavy atom. The van der Waals surface area contributed by atoms with Crippen molar-refractivity contribution >= 4 is 11.6 Å². The summed E-state index contributed by atoms with van der Waals surface area (Å²) in [6.07, 6.45) is 6.51. The fourth-order valence-electron chi connectivity index (χ4n) is 4.48. The SMILES string of the molecule is CN(Cc1ccccc1NC(=O)COc1ccccc1-c1ccccc1)C1CCCCC1. The largest absolute Gasteiger partial charge is 0.483 e. The van der Waals surface area contributed by atoms with Crippen LogP contribution in [0.25, 0.3) is 11.1 Å². The number of carbonyl (C=O) groups excluding carboxylic acids is 1. The summed E-state index contributed by atoms with van der Waals surface area (Å²) in [4.78, 5) is 15.2. The van der Waals surface area contributed by atoms with Crippen LogP contribution in [0.5, 0.6) is 5.75 Å². The van der Waals surface area contributed by atoms with E-state index in [2.05, 4.69) is 23.3 Å². The Morgan fingerprint density at radius 2 is 1.59 bits per heavy atom. The number of nitrogens with zero attached hydrogens (tertiary/aromatic N) is 1. The molecule has 3 aromatic carbocycles. The maximum atomic E-state index is 12.7. The van der Waals surface area contributed by atoms with Crippen molar-refractivity contribution in [3.63, 3.8) is 0 Å². The minimum atomic E-state index is -0.152. The van der Waals surface area contributed by atoms with Gasteiger partial charge in [-0.25, -0.2) is 0 Å². The minimum absolute atomic E-state index is 0.0311. The number of ether oxygens (including phenoxy) is 1. The number of benzene rings is 3. The smallest absolute Gasteiger partial charge is 0.262 e. The highest BCUT2D eigenvalue weighted by molar-refractivity contribution is 5.92. The van der Waals surface area contributed by atoms with Crippen molar-refractivity contribution in [1.29, 1.82) is 0 Å². The van der Waals surface area contributed by atoms with E-state index in [0.717, 1.165) is 28.9 Å². The number of carbonyl (C=O) groups is 1. The third kappa shape index (κ3) is 5.77. The molecular weight excluding hydrogens is 396 g/mol. The molecule has 1 aliphatic rings. The van der Waals surface area contributed by atoms with Gasteiger partial charge in [0, 0.05) is 23.8 Å². The topological polar surface area (TPSA) is 41.6 Å². The highest BCUT2D eigenvalue weighted by Gasteiger charge is 2.19. The van der Waals surface area contributed by atoms with Gasteiger partial charge in [-0.05, 0) is 43.1 Å². The van der Waals surface area contributed by atoms with Gasteiger partial charge >= 0.3 is 0 Å². The van der Waals surface area contributed by atoms with Crippen molar-refractivity contribution in [2.75, 3.05) is 19.0 Å². The fraction of sp³-hybridized carbons (Fsp3) is 0.321. The molecule has 4 rings (SSSR count). The average molecular weight is 429 g/mol. The molecule has 0 unspecified atom stereocenters. The predicted octanol–water partition coefficient (Wildman–Crippen LogP) is 6.14. The Hall–Kier alpha value is -3.11. The highest BCUT2D eigenvalue weighted by atomic mass is 16.5. The molecule has 0 atom stereocenters. The number of hydrogen-bond acceptors (Lipinski definition) is 3. The first-order valence-corrected chi connectivity index (χ1v) is 11.6. The number of anilines is 1. The van der Waals surface area contributed by atoms with Crippen molar-refractivity contribution in [2.24, 2.45) is 0 Å². The van der Waals surface area contributed by atoms with Gasteiger partial charge in [-0.3, -0.25) is 9.69 Å². The van der Waals surface area contributed by atoms with Crippen LogP contribution in [0.1, 0.15) is 37.7 Å². The zero-order valence-corrected chi connectivity index (χ0v) is 18.8. The second kappa shape index (κ2) is 11.0. The van der Waals surface area contributed by atoms with E-state index in [1.807, 2.05) is 72.8 Å². The normalized spacial score (nSPS) is 14.3. The van der Waals surface area contributed by atoms with Gasteiger partial charge in [0.05, 0.1) is 0 Å². The lowest BCUT2D eigenvalue weighted by molar-refractivity contribution is -0.118. The van der Waals surface area contributed by atoms with E-state index in [4.69, 9.17) is 4.74 Å². The van der Waals surface area contributed by atoms with Crippen LogP contribution in [-0.2, 0) is 11.3 Å². The van der Waals surface area contributed by atoms with Gasteiger partial charge in [-0.2, -0.15) is 0 Å². The Bertz CT molecular complexity index is 1010. The van der Waals surface area contributed by atoms with Crippen LogP contribution in [-0.4, -0.2) is 30.5 Å². The molecular formula is C28H32N2O2. The quantitative estimate of drug-likeness (QED) is 0.469. The Morgan fingerprint density at radius 1 is 0.906 bits per heavy atom. The lowest BCUT2D eigenvalue weighted by Crippen LogP contribution is -2.33. The molecule has 0 bridgehead atoms. The first-order valence-electron chi connectivity index (χ1n) is 11.6. The van der Waals surface area contributed by atoms with E-state index < -0.39 is 0 Å². The Kier molecular flexibility index (Phi) is 7.57. The molecule has 0 aromatic heterocycles. The molecule has 166 valence electrons. The van der Waals surface area contributed by atoms with Crippen LogP contribution in [0.2, 0.25) is 0 Å². The van der Waals surface area contributed by atoms with Crippen LogP contribution in [0.3, 0.4) is 0 Å². The molecule has 4 nitrogen and oxygen atoms in total. The zero-order valence-electron chi connectivity index (χ0n) is 18.8. The molecule has 4 heteroatoms. The average Bonchev–Trinajstić information content (AvgIpc) is 2.85. The van der Waals surface area contributed by atoms with Gasteiger partial charge in [0.1, 0.15) is 5.75 Å². The highest BCUT2D eigenvalue weighted by Crippen LogP contribution is 2.29. The van der Waals surface area contributed by atoms with Crippen LogP contribution in [0.4, 0.5) is 5.69 Å². The van der Waals surface area contributed by atoms with Crippen molar-refractivity contribution in [3.8, 4) is 16.9 Å². The van der Waals surface area contributed by atoms with Gasteiger partial charge in [0.25, 0.3) is 5.91 Å². The molecule has 1 aliphatic carbocycles.